The van der Waals surface area contributed by atoms with Crippen LogP contribution < -0.4 is 0 Å². The molecule has 0 heterocycles. The standard InChI is InChI=1S/C31H42F6O4.C28H39F9O2/c1-4-29(31(35,36)37,25(39)40-27(3)22-9-17-5-18(11-22)12-23(27)10-17)16-26(2,30(32,33)34)24(38)41-28-13-19-6-20(14-28)8-21(7-19)15-28;1-14-18-7-19(12-24(3,27(32,33)34)28(35,36)37)20(8-18)21(14)13-23(2,26(29,30)31)22(39-38)25-9-15-4-16(10-25)6-17(5-15)11-25/h17-23H,4-16H2,1-3H3;14-22,38H,4-13H2,1-3H3. The van der Waals surface area contributed by atoms with Gasteiger partial charge in [0, 0.05) is 5.41 Å². The van der Waals surface area contributed by atoms with E-state index in [1.54, 1.807) is 13.8 Å². The molecule has 0 amide bonds. The molecule has 0 aliphatic heterocycles. The number of carbonyl (C=O) groups excluding carboxylic acids is 2. The van der Waals surface area contributed by atoms with Gasteiger partial charge >= 0.3 is 42.8 Å². The maximum atomic E-state index is 15.0. The van der Waals surface area contributed by atoms with Crippen molar-refractivity contribution in [3.05, 3.63) is 0 Å². The predicted molar refractivity (Wildman–Crippen MR) is 260 cm³/mol. The van der Waals surface area contributed by atoms with Crippen molar-refractivity contribution in [2.24, 2.45) is 116 Å². The summed E-state index contributed by atoms with van der Waals surface area (Å²) in [6.07, 6.45) is -19.2. The zero-order valence-corrected chi connectivity index (χ0v) is 46.7. The van der Waals surface area contributed by atoms with Crippen LogP contribution in [0.15, 0.2) is 0 Å². The highest BCUT2D eigenvalue weighted by Gasteiger charge is 2.74. The third-order valence-corrected chi connectivity index (χ3v) is 24.9. The summed E-state index contributed by atoms with van der Waals surface area (Å²) in [6.45, 7) is 6.18. The van der Waals surface area contributed by atoms with Crippen LogP contribution in [-0.2, 0) is 24.0 Å². The van der Waals surface area contributed by atoms with E-state index in [-0.39, 0.29) is 54.8 Å². The first kappa shape index (κ1) is 60.9. The number of halogens is 15. The van der Waals surface area contributed by atoms with Gasteiger partial charge in [-0.3, -0.25) is 14.8 Å². The molecule has 458 valence electrons. The molecule has 14 aliphatic carbocycles. The van der Waals surface area contributed by atoms with E-state index in [4.69, 9.17) is 14.4 Å². The molecule has 9 unspecified atom stereocenters. The maximum absolute atomic E-state index is 15.0. The van der Waals surface area contributed by atoms with Crippen LogP contribution in [-0.4, -0.2) is 65.4 Å². The highest BCUT2D eigenvalue weighted by molar-refractivity contribution is 5.83. The fourth-order valence-corrected chi connectivity index (χ4v) is 21.3. The zero-order valence-electron chi connectivity index (χ0n) is 46.7. The minimum atomic E-state index is -5.52. The Balaban J connectivity index is 0.000000180. The summed E-state index contributed by atoms with van der Waals surface area (Å²) in [5.74, 6) is -3.92. The van der Waals surface area contributed by atoms with Gasteiger partial charge in [-0.15, -0.1) is 0 Å². The second-order valence-electron chi connectivity index (χ2n) is 29.9. The van der Waals surface area contributed by atoms with Crippen LogP contribution in [0, 0.1) is 116 Å². The normalized spacial score (nSPS) is 43.3. The number of rotatable bonds is 14. The average molecular weight is 1170 g/mol. The van der Waals surface area contributed by atoms with Crippen molar-refractivity contribution >= 4 is 11.9 Å². The molecule has 14 aliphatic rings. The minimum Gasteiger partial charge on any atom is -0.458 e. The zero-order chi connectivity index (χ0) is 58.8. The van der Waals surface area contributed by atoms with Crippen molar-refractivity contribution in [3.63, 3.8) is 0 Å². The summed E-state index contributed by atoms with van der Waals surface area (Å²) in [5.41, 5.74) is -16.5. The molecule has 0 spiro atoms. The fraction of sp³-hybridized carbons (Fsp3) is 0.966. The number of ether oxygens (including phenoxy) is 2. The van der Waals surface area contributed by atoms with Gasteiger partial charge in [-0.25, -0.2) is 4.89 Å². The molecule has 0 aromatic rings. The smallest absolute Gasteiger partial charge is 0.404 e. The third-order valence-electron chi connectivity index (χ3n) is 24.9. The largest absolute Gasteiger partial charge is 0.458 e. The van der Waals surface area contributed by atoms with E-state index in [9.17, 15) is 67.5 Å². The number of hydrogen-bond acceptors (Lipinski definition) is 6. The van der Waals surface area contributed by atoms with Crippen molar-refractivity contribution in [2.45, 2.75) is 237 Å². The van der Waals surface area contributed by atoms with Crippen LogP contribution in [0.5, 0.6) is 0 Å². The van der Waals surface area contributed by atoms with Gasteiger partial charge in [-0.2, -0.15) is 65.9 Å². The molecule has 21 heteroatoms. The van der Waals surface area contributed by atoms with Gasteiger partial charge in [0.05, 0.1) is 5.41 Å². The molecule has 14 fully saturated rings. The lowest BCUT2D eigenvalue weighted by atomic mass is 9.45. The van der Waals surface area contributed by atoms with E-state index in [0.29, 0.717) is 81.5 Å². The Morgan fingerprint density at radius 1 is 0.537 bits per heavy atom. The van der Waals surface area contributed by atoms with Gasteiger partial charge in [0.1, 0.15) is 17.3 Å². The van der Waals surface area contributed by atoms with Gasteiger partial charge in [0.2, 0.25) is 0 Å². The summed E-state index contributed by atoms with van der Waals surface area (Å²) in [7, 11) is 0. The van der Waals surface area contributed by atoms with Crippen LogP contribution in [0.3, 0.4) is 0 Å². The van der Waals surface area contributed by atoms with E-state index in [0.717, 1.165) is 84.5 Å². The molecule has 1 N–H and O–H groups in total. The van der Waals surface area contributed by atoms with Gasteiger partial charge in [0.25, 0.3) is 0 Å². The first-order valence-corrected chi connectivity index (χ1v) is 29.8. The van der Waals surface area contributed by atoms with Gasteiger partial charge in [-0.1, -0.05) is 13.8 Å². The molecule has 0 saturated heterocycles. The maximum Gasteiger partial charge on any atom is 0.404 e. The number of alkyl halides is 15. The Morgan fingerprint density at radius 3 is 1.35 bits per heavy atom. The Bertz CT molecular complexity index is 2210. The lowest BCUT2D eigenvalue weighted by Crippen LogP contribution is -2.61. The Labute approximate surface area is 459 Å². The highest BCUT2D eigenvalue weighted by atomic mass is 19.4. The molecule has 9 atom stereocenters. The van der Waals surface area contributed by atoms with E-state index in [2.05, 4.69) is 0 Å². The molecule has 80 heavy (non-hydrogen) atoms. The first-order chi connectivity index (χ1) is 36.7. The van der Waals surface area contributed by atoms with Gasteiger partial charge in [0.15, 0.2) is 16.2 Å². The lowest BCUT2D eigenvalue weighted by Gasteiger charge is -2.61. The summed E-state index contributed by atoms with van der Waals surface area (Å²) >= 11 is 0. The Hall–Kier alpha value is -2.19. The summed E-state index contributed by atoms with van der Waals surface area (Å²) in [5, 5.41) is 10.1. The topological polar surface area (TPSA) is 82.1 Å². The third kappa shape index (κ3) is 9.82. The number of esters is 2. The second-order valence-corrected chi connectivity index (χ2v) is 29.9. The molecular weight excluding hydrogens is 1090 g/mol. The number of hydrogen-bond donors (Lipinski definition) is 1. The van der Waals surface area contributed by atoms with Gasteiger partial charge < -0.3 is 9.47 Å². The summed E-state index contributed by atoms with van der Waals surface area (Å²) in [4.78, 5) is 32.1. The van der Waals surface area contributed by atoms with Crippen LogP contribution in [0.4, 0.5) is 65.9 Å². The van der Waals surface area contributed by atoms with Crippen LogP contribution in [0.25, 0.3) is 0 Å². The van der Waals surface area contributed by atoms with E-state index in [1.807, 2.05) is 0 Å². The highest BCUT2D eigenvalue weighted by Crippen LogP contribution is 2.70. The fourth-order valence-electron chi connectivity index (χ4n) is 21.3. The number of carbonyl (C=O) groups is 2. The molecule has 14 rings (SSSR count). The van der Waals surface area contributed by atoms with Crippen LogP contribution in [0.1, 0.15) is 189 Å². The van der Waals surface area contributed by atoms with Crippen molar-refractivity contribution in [2.75, 3.05) is 0 Å². The quantitative estimate of drug-likeness (QED) is 0.0808. The van der Waals surface area contributed by atoms with Crippen LogP contribution >= 0.6 is 0 Å². The molecule has 14 saturated carbocycles. The first-order valence-electron chi connectivity index (χ1n) is 29.8. The predicted octanol–water partition coefficient (Wildman–Crippen LogP) is 17.6. The molecule has 0 aromatic heterocycles. The summed E-state index contributed by atoms with van der Waals surface area (Å²) < 4.78 is 228. The monoisotopic (exact) mass is 1170 g/mol. The van der Waals surface area contributed by atoms with Crippen molar-refractivity contribution in [3.8, 4) is 0 Å². The molecule has 0 aromatic carbocycles. The van der Waals surface area contributed by atoms with Crippen molar-refractivity contribution in [1.82, 2.24) is 0 Å². The lowest BCUT2D eigenvalue weighted by molar-refractivity contribution is -0.385. The second kappa shape index (κ2) is 19.7. The molecule has 0 radical (unpaired) electrons. The molecule has 6 nitrogen and oxygen atoms in total. The number of fused-ring (bicyclic) bond motifs is 2. The van der Waals surface area contributed by atoms with E-state index >= 15 is 13.2 Å². The van der Waals surface area contributed by atoms with E-state index < -0.39 is 131 Å². The van der Waals surface area contributed by atoms with Crippen molar-refractivity contribution < 1.29 is 95.1 Å². The van der Waals surface area contributed by atoms with Crippen molar-refractivity contribution in [1.29, 1.82) is 0 Å². The average Bonchev–Trinajstić information content (AvgIpc) is 4.01. The Morgan fingerprint density at radius 2 is 0.975 bits per heavy atom. The van der Waals surface area contributed by atoms with Gasteiger partial charge in [-0.05, 0) is 264 Å². The summed E-state index contributed by atoms with van der Waals surface area (Å²) in [6, 6.07) is 0. The van der Waals surface area contributed by atoms with E-state index in [1.165, 1.54) is 0 Å². The minimum absolute atomic E-state index is 0.111. The Kier molecular flexibility index (Phi) is 15.0. The van der Waals surface area contributed by atoms with Crippen LogP contribution in [0.2, 0.25) is 0 Å². The molecule has 14 bridgehead atoms. The SMILES string of the molecule is CC1C2CC(CC(C)(C(F)(F)F)C(F)(F)F)C(C2)C1CC(C)(C(OO)C12CC3CC(CC(C3)C1)C2)C(F)(F)F.CCC(CC(C)(C(=O)OC12CC3CC(CC(C3)C1)C2)C(F)(F)F)(C(=O)OC1(C)C2CC3CC(C2)CC1C3)C(F)(F)F. The molecular formula is C59H81F15O6.